The van der Waals surface area contributed by atoms with Crippen LogP contribution in [-0.2, 0) is 21.8 Å². The van der Waals surface area contributed by atoms with Crippen LogP contribution in [0.2, 0.25) is 0 Å². The van der Waals surface area contributed by atoms with Gasteiger partial charge in [0.25, 0.3) is 0 Å². The molecule has 4 nitrogen and oxygen atoms in total. The second-order valence-corrected chi connectivity index (χ2v) is 16.8. The molecule has 33 heavy (non-hydrogen) atoms. The monoisotopic (exact) mass is 626 g/mol. The fraction of sp³-hybridized carbons (Fsp3) is 0.462. The molecule has 0 spiro atoms. The van der Waals surface area contributed by atoms with Gasteiger partial charge in [-0.15, -0.1) is 0 Å². The summed E-state index contributed by atoms with van der Waals surface area (Å²) in [6, 6.07) is 16.4. The Morgan fingerprint density at radius 3 is 1.33 bits per heavy atom. The van der Waals surface area contributed by atoms with E-state index in [4.69, 9.17) is 0 Å². The van der Waals surface area contributed by atoms with Crippen molar-refractivity contribution in [1.29, 1.82) is 0 Å². The molecule has 0 fully saturated rings. The van der Waals surface area contributed by atoms with Crippen molar-refractivity contribution in [2.75, 3.05) is 13.1 Å². The van der Waals surface area contributed by atoms with Gasteiger partial charge in [-0.2, -0.15) is 0 Å². The number of halogens is 2. The number of carbonyl (C=O) groups is 2. The third kappa shape index (κ3) is 8.13. The van der Waals surface area contributed by atoms with E-state index in [9.17, 15) is 9.59 Å². The molecule has 180 valence electrons. The van der Waals surface area contributed by atoms with E-state index in [0.717, 1.165) is 18.6 Å². The molecule has 2 amide bonds. The first-order valence-electron chi connectivity index (χ1n) is 11.8. The Bertz CT molecular complexity index is 805. The average molecular weight is 625 g/mol. The third-order valence-corrected chi connectivity index (χ3v) is 13.2. The van der Waals surface area contributed by atoms with Gasteiger partial charge in [0.05, 0.1) is 0 Å². The Labute approximate surface area is 203 Å². The molecule has 0 saturated heterocycles. The number of carbonyl (C=O) groups excluding carboxylic acids is 2. The van der Waals surface area contributed by atoms with Gasteiger partial charge in [0.2, 0.25) is 0 Å². The Kier molecular flexibility index (Phi) is 10.9. The maximum absolute atomic E-state index is 16.3. The maximum atomic E-state index is 16.3. The summed E-state index contributed by atoms with van der Waals surface area (Å²) in [4.78, 5) is 26.6. The van der Waals surface area contributed by atoms with Crippen molar-refractivity contribution < 1.29 is 36.7 Å². The molecule has 2 aromatic rings. The van der Waals surface area contributed by atoms with E-state index in [1.54, 1.807) is 60.7 Å². The molecule has 0 saturated carbocycles. The molecule has 0 bridgehead atoms. The molecule has 0 atom stereocenters. The number of hydrogen-bond acceptors (Lipinski definition) is 2. The molecule has 7 heteroatoms. The first kappa shape index (κ1) is 27.4. The summed E-state index contributed by atoms with van der Waals surface area (Å²) in [6.45, 7) is 8.05. The van der Waals surface area contributed by atoms with Gasteiger partial charge in [-0.1, -0.05) is 0 Å². The normalized spacial score (nSPS) is 11.6. The molecule has 0 N–H and O–H groups in total. The predicted molar refractivity (Wildman–Crippen MR) is 125 cm³/mol. The van der Waals surface area contributed by atoms with Crippen LogP contribution in [-0.4, -0.2) is 30.7 Å². The molecule has 0 unspecified atom stereocenters. The second kappa shape index (κ2) is 13.1. The first-order valence-corrected chi connectivity index (χ1v) is 17.7. The van der Waals surface area contributed by atoms with Crippen LogP contribution in [0.3, 0.4) is 0 Å². The SMILES string of the molecule is CC(C)CCC[N](C(=O)c1ccccc1)[Hf]([F])([F])[N](CCCC(C)C)C(=O)c1ccccc1. The van der Waals surface area contributed by atoms with E-state index in [2.05, 4.69) is 0 Å². The molecule has 0 heterocycles. The van der Waals surface area contributed by atoms with Gasteiger partial charge in [-0.25, -0.2) is 0 Å². The summed E-state index contributed by atoms with van der Waals surface area (Å²) in [5.41, 5.74) is 0.465. The molecule has 0 aliphatic heterocycles. The first-order chi connectivity index (χ1) is 15.6. The van der Waals surface area contributed by atoms with Crippen molar-refractivity contribution in [2.24, 2.45) is 11.8 Å². The zero-order chi connectivity index (χ0) is 24.4. The van der Waals surface area contributed by atoms with Crippen LogP contribution < -0.4 is 0 Å². The van der Waals surface area contributed by atoms with Crippen LogP contribution >= 0.6 is 0 Å². The van der Waals surface area contributed by atoms with Gasteiger partial charge in [-0.3, -0.25) is 0 Å². The van der Waals surface area contributed by atoms with Crippen LogP contribution in [0.4, 0.5) is 5.33 Å². The quantitative estimate of drug-likeness (QED) is 0.241. The van der Waals surface area contributed by atoms with Crippen LogP contribution in [0.5, 0.6) is 0 Å². The van der Waals surface area contributed by atoms with Crippen molar-refractivity contribution in [1.82, 2.24) is 5.78 Å². The van der Waals surface area contributed by atoms with E-state index in [1.807, 2.05) is 27.7 Å². The summed E-state index contributed by atoms with van der Waals surface area (Å²) in [6.07, 6.45) is 2.43. The molecular weight excluding hydrogens is 589 g/mol. The van der Waals surface area contributed by atoms with E-state index in [0.29, 0.717) is 24.7 Å². The summed E-state index contributed by atoms with van der Waals surface area (Å²) >= 11 is -6.75. The minimum absolute atomic E-state index is 0.0385. The number of benzene rings is 2. The molecule has 2 aromatic carbocycles. The zero-order valence-electron chi connectivity index (χ0n) is 20.1. The number of hydrogen-bond donors (Lipinski definition) is 0. The Morgan fingerprint density at radius 2 is 1.03 bits per heavy atom. The molecule has 0 aliphatic rings. The predicted octanol–water partition coefficient (Wildman–Crippen LogP) is 6.90. The van der Waals surface area contributed by atoms with Crippen molar-refractivity contribution in [3.05, 3.63) is 71.8 Å². The zero-order valence-corrected chi connectivity index (χ0v) is 23.7. The van der Waals surface area contributed by atoms with Gasteiger partial charge < -0.3 is 0 Å². The summed E-state index contributed by atoms with van der Waals surface area (Å²) in [5, 5.41) is 0. The fourth-order valence-electron chi connectivity index (χ4n) is 3.65. The second-order valence-electron chi connectivity index (χ2n) is 9.23. The molecular formula is C26H36F2HfN2O2. The molecule has 0 radical (unpaired) electrons. The van der Waals surface area contributed by atoms with E-state index >= 15 is 5.33 Å². The topological polar surface area (TPSA) is 40.6 Å². The number of nitrogens with zero attached hydrogens (tertiary/aromatic N) is 2. The third-order valence-electron chi connectivity index (χ3n) is 5.51. The summed E-state index contributed by atoms with van der Waals surface area (Å²) < 4.78 is 34.2. The van der Waals surface area contributed by atoms with Crippen LogP contribution in [0.15, 0.2) is 60.7 Å². The Morgan fingerprint density at radius 1 is 0.697 bits per heavy atom. The summed E-state index contributed by atoms with van der Waals surface area (Å²) in [5.74, 6) is -0.671. The number of rotatable bonds is 12. The van der Waals surface area contributed by atoms with Gasteiger partial charge in [0.1, 0.15) is 0 Å². The van der Waals surface area contributed by atoms with Gasteiger partial charge in [0, 0.05) is 0 Å². The van der Waals surface area contributed by atoms with Crippen LogP contribution in [0.25, 0.3) is 0 Å². The molecule has 2 rings (SSSR count). The molecule has 0 aromatic heterocycles. The van der Waals surface area contributed by atoms with E-state index < -0.39 is 33.6 Å². The van der Waals surface area contributed by atoms with Gasteiger partial charge in [-0.05, 0) is 0 Å². The van der Waals surface area contributed by atoms with E-state index in [-0.39, 0.29) is 24.2 Å². The van der Waals surface area contributed by atoms with Crippen molar-refractivity contribution in [2.45, 2.75) is 53.4 Å². The van der Waals surface area contributed by atoms with Crippen LogP contribution in [0, 0.1) is 11.8 Å². The number of amides is 2. The fourth-order valence-corrected chi connectivity index (χ4v) is 10.5. The average Bonchev–Trinajstić information content (AvgIpc) is 2.79. The summed E-state index contributed by atoms with van der Waals surface area (Å²) in [7, 11) is 0. The standard InChI is InChI=1S/2C13H19NO.2FH.Hf/c2*1-11(2)7-6-10-14-13(15)12-8-4-3-5-9-12;;;/h2*3-5,8-9,11H,6-7,10H2,1-2H3,(H,14,15);2*1H;/q;;;;+4/p-4. The van der Waals surface area contributed by atoms with Crippen molar-refractivity contribution >= 4 is 11.8 Å². The van der Waals surface area contributed by atoms with Crippen molar-refractivity contribution in [3.8, 4) is 0 Å². The Balaban J connectivity index is 2.41. The van der Waals surface area contributed by atoms with E-state index in [1.165, 1.54) is 0 Å². The van der Waals surface area contributed by atoms with Crippen LogP contribution in [0.1, 0.15) is 74.1 Å². The van der Waals surface area contributed by atoms with Gasteiger partial charge in [0.15, 0.2) is 0 Å². The van der Waals surface area contributed by atoms with Gasteiger partial charge >= 0.3 is 204 Å². The van der Waals surface area contributed by atoms with Crippen molar-refractivity contribution in [3.63, 3.8) is 0 Å². The minimum atomic E-state index is -6.75. The Hall–Kier alpha value is -1.89. The molecule has 0 aliphatic carbocycles.